The zero-order chi connectivity index (χ0) is 13.0. The van der Waals surface area contributed by atoms with Gasteiger partial charge in [0.1, 0.15) is 5.76 Å². The highest BCUT2D eigenvalue weighted by molar-refractivity contribution is 9.10. The molecule has 0 aliphatic carbocycles. The van der Waals surface area contributed by atoms with Crippen molar-refractivity contribution in [2.75, 3.05) is 26.2 Å². The maximum Gasteiger partial charge on any atom is 0.136 e. The molecule has 1 aliphatic heterocycles. The first kappa shape index (κ1) is 14.1. The van der Waals surface area contributed by atoms with Crippen molar-refractivity contribution in [2.45, 2.75) is 31.9 Å². The molecule has 1 aromatic rings. The molecule has 1 saturated heterocycles. The van der Waals surface area contributed by atoms with E-state index in [9.17, 15) is 0 Å². The van der Waals surface area contributed by atoms with E-state index in [1.807, 2.05) is 6.07 Å². The van der Waals surface area contributed by atoms with Crippen LogP contribution >= 0.6 is 15.9 Å². The second kappa shape index (κ2) is 6.70. The van der Waals surface area contributed by atoms with E-state index in [0.29, 0.717) is 12.6 Å². The van der Waals surface area contributed by atoms with Gasteiger partial charge in [-0.3, -0.25) is 4.90 Å². The van der Waals surface area contributed by atoms with Crippen LogP contribution in [0.1, 0.15) is 31.6 Å². The minimum absolute atomic E-state index is 0.164. The predicted molar refractivity (Wildman–Crippen MR) is 74.4 cm³/mol. The van der Waals surface area contributed by atoms with Crippen molar-refractivity contribution in [3.05, 3.63) is 22.6 Å². The van der Waals surface area contributed by atoms with Gasteiger partial charge in [-0.05, 0) is 41.8 Å². The van der Waals surface area contributed by atoms with Crippen LogP contribution in [0.3, 0.4) is 0 Å². The SMILES string of the molecule is CCOC1CCN(C(CN)c2occc2Br)CC1. The summed E-state index contributed by atoms with van der Waals surface area (Å²) in [6, 6.07) is 2.09. The molecule has 1 unspecified atom stereocenters. The van der Waals surface area contributed by atoms with Crippen molar-refractivity contribution in [1.82, 2.24) is 4.90 Å². The summed E-state index contributed by atoms with van der Waals surface area (Å²) in [4.78, 5) is 2.39. The van der Waals surface area contributed by atoms with Crippen LogP contribution in [0.15, 0.2) is 21.2 Å². The van der Waals surface area contributed by atoms with Gasteiger partial charge in [0.25, 0.3) is 0 Å². The zero-order valence-corrected chi connectivity index (χ0v) is 12.4. The van der Waals surface area contributed by atoms with E-state index in [1.54, 1.807) is 6.26 Å². The number of halogens is 1. The molecular weight excluding hydrogens is 296 g/mol. The number of nitrogens with zero attached hydrogens (tertiary/aromatic N) is 1. The Labute approximate surface area is 117 Å². The number of hydrogen-bond acceptors (Lipinski definition) is 4. The maximum atomic E-state index is 5.90. The Hall–Kier alpha value is -0.360. The van der Waals surface area contributed by atoms with Crippen molar-refractivity contribution >= 4 is 15.9 Å². The van der Waals surface area contributed by atoms with E-state index in [1.165, 1.54) is 0 Å². The topological polar surface area (TPSA) is 51.6 Å². The van der Waals surface area contributed by atoms with Crippen molar-refractivity contribution in [3.63, 3.8) is 0 Å². The third kappa shape index (κ3) is 3.15. The van der Waals surface area contributed by atoms with Crippen LogP contribution in [0.25, 0.3) is 0 Å². The van der Waals surface area contributed by atoms with Crippen LogP contribution in [0, 0.1) is 0 Å². The van der Waals surface area contributed by atoms with Gasteiger partial charge < -0.3 is 14.9 Å². The van der Waals surface area contributed by atoms with Gasteiger partial charge in [0.15, 0.2) is 0 Å². The molecule has 0 aromatic carbocycles. The van der Waals surface area contributed by atoms with Crippen LogP contribution in [0.5, 0.6) is 0 Å². The van der Waals surface area contributed by atoms with E-state index < -0.39 is 0 Å². The van der Waals surface area contributed by atoms with Crippen molar-refractivity contribution in [2.24, 2.45) is 5.73 Å². The quantitative estimate of drug-likeness (QED) is 0.907. The Morgan fingerprint density at radius 3 is 2.78 bits per heavy atom. The maximum absolute atomic E-state index is 5.90. The Kier molecular flexibility index (Phi) is 5.24. The zero-order valence-electron chi connectivity index (χ0n) is 10.8. The Bertz CT molecular complexity index is 362. The third-order valence-electron chi connectivity index (χ3n) is 3.49. The number of ether oxygens (including phenoxy) is 1. The molecule has 18 heavy (non-hydrogen) atoms. The molecule has 102 valence electrons. The molecule has 1 atom stereocenters. The van der Waals surface area contributed by atoms with Crippen LogP contribution in [0.4, 0.5) is 0 Å². The molecule has 2 heterocycles. The first-order chi connectivity index (χ1) is 8.76. The van der Waals surface area contributed by atoms with Crippen LogP contribution in [-0.2, 0) is 4.74 Å². The molecule has 4 nitrogen and oxygen atoms in total. The lowest BCUT2D eigenvalue weighted by Gasteiger charge is -2.36. The van der Waals surface area contributed by atoms with Gasteiger partial charge in [-0.2, -0.15) is 0 Å². The minimum Gasteiger partial charge on any atom is -0.466 e. The summed E-state index contributed by atoms with van der Waals surface area (Å²) in [5.41, 5.74) is 5.90. The number of hydrogen-bond donors (Lipinski definition) is 1. The summed E-state index contributed by atoms with van der Waals surface area (Å²) in [6.45, 7) is 5.45. The molecule has 5 heteroatoms. The fourth-order valence-corrected chi connectivity index (χ4v) is 3.02. The second-order valence-electron chi connectivity index (χ2n) is 4.57. The van der Waals surface area contributed by atoms with Crippen molar-refractivity contribution in [1.29, 1.82) is 0 Å². The molecule has 1 aliphatic rings. The van der Waals surface area contributed by atoms with Crippen LogP contribution in [0.2, 0.25) is 0 Å². The number of piperidine rings is 1. The van der Waals surface area contributed by atoms with E-state index in [2.05, 4.69) is 27.8 Å². The van der Waals surface area contributed by atoms with E-state index in [-0.39, 0.29) is 6.04 Å². The van der Waals surface area contributed by atoms with Gasteiger partial charge in [0.05, 0.1) is 22.9 Å². The van der Waals surface area contributed by atoms with Gasteiger partial charge in [-0.15, -0.1) is 0 Å². The lowest BCUT2D eigenvalue weighted by atomic mass is 10.0. The van der Waals surface area contributed by atoms with Crippen LogP contribution in [-0.4, -0.2) is 37.2 Å². The van der Waals surface area contributed by atoms with Gasteiger partial charge in [-0.25, -0.2) is 0 Å². The van der Waals surface area contributed by atoms with E-state index in [4.69, 9.17) is 14.9 Å². The van der Waals surface area contributed by atoms with Gasteiger partial charge in [0, 0.05) is 26.2 Å². The molecule has 0 radical (unpaired) electrons. The third-order valence-corrected chi connectivity index (χ3v) is 4.15. The van der Waals surface area contributed by atoms with Gasteiger partial charge in [0.2, 0.25) is 0 Å². The monoisotopic (exact) mass is 316 g/mol. The van der Waals surface area contributed by atoms with E-state index >= 15 is 0 Å². The smallest absolute Gasteiger partial charge is 0.136 e. The molecule has 0 saturated carbocycles. The number of nitrogens with two attached hydrogens (primary N) is 1. The van der Waals surface area contributed by atoms with Gasteiger partial charge in [-0.1, -0.05) is 0 Å². The largest absolute Gasteiger partial charge is 0.466 e. The summed E-state index contributed by atoms with van der Waals surface area (Å²) in [7, 11) is 0. The van der Waals surface area contributed by atoms with Crippen molar-refractivity contribution in [3.8, 4) is 0 Å². The molecule has 1 fully saturated rings. The molecule has 0 spiro atoms. The number of likely N-dealkylation sites (tertiary alicyclic amines) is 1. The standard InChI is InChI=1S/C13H21BrN2O2/c1-2-17-10-3-6-16(7-4-10)12(9-15)13-11(14)5-8-18-13/h5,8,10,12H,2-4,6-7,9,15H2,1H3. The Morgan fingerprint density at radius 2 is 2.28 bits per heavy atom. The fraction of sp³-hybridized carbons (Fsp3) is 0.692. The molecule has 0 amide bonds. The average Bonchev–Trinajstić information content (AvgIpc) is 2.79. The first-order valence-corrected chi connectivity index (χ1v) is 7.34. The number of rotatable bonds is 5. The summed E-state index contributed by atoms with van der Waals surface area (Å²) in [5.74, 6) is 0.937. The van der Waals surface area contributed by atoms with E-state index in [0.717, 1.165) is 42.8 Å². The van der Waals surface area contributed by atoms with Gasteiger partial charge >= 0.3 is 0 Å². The fourth-order valence-electron chi connectivity index (χ4n) is 2.55. The summed E-state index contributed by atoms with van der Waals surface area (Å²) in [6.07, 6.45) is 4.25. The molecule has 2 N–H and O–H groups in total. The second-order valence-corrected chi connectivity index (χ2v) is 5.43. The molecule has 2 rings (SSSR count). The molecule has 0 bridgehead atoms. The van der Waals surface area contributed by atoms with Crippen LogP contribution < -0.4 is 5.73 Å². The summed E-state index contributed by atoms with van der Waals surface area (Å²) >= 11 is 3.51. The minimum atomic E-state index is 0.164. The summed E-state index contributed by atoms with van der Waals surface area (Å²) in [5, 5.41) is 0. The Morgan fingerprint density at radius 1 is 1.56 bits per heavy atom. The summed E-state index contributed by atoms with van der Waals surface area (Å²) < 4.78 is 12.2. The lowest BCUT2D eigenvalue weighted by molar-refractivity contribution is 0.00215. The molecule has 1 aromatic heterocycles. The van der Waals surface area contributed by atoms with Crippen molar-refractivity contribution < 1.29 is 9.15 Å². The predicted octanol–water partition coefficient (Wildman–Crippen LogP) is 2.54. The highest BCUT2D eigenvalue weighted by Gasteiger charge is 2.28. The number of furan rings is 1. The first-order valence-electron chi connectivity index (χ1n) is 6.54. The highest BCUT2D eigenvalue weighted by Crippen LogP contribution is 2.30. The Balaban J connectivity index is 1.97. The average molecular weight is 317 g/mol. The highest BCUT2D eigenvalue weighted by atomic mass is 79.9. The lowest BCUT2D eigenvalue weighted by Crippen LogP contribution is -2.41. The molecular formula is C13H21BrN2O2. The normalized spacial score (nSPS) is 20.2.